The SMILES string of the molecule is CC[CH+]C(C)(C)C. The van der Waals surface area contributed by atoms with Crippen LogP contribution < -0.4 is 0 Å². The first-order valence-electron chi connectivity index (χ1n) is 2.90. The van der Waals surface area contributed by atoms with Crippen LogP contribution in [0.1, 0.15) is 34.1 Å². The van der Waals surface area contributed by atoms with Crippen LogP contribution in [-0.4, -0.2) is 0 Å². The number of hydrogen-bond acceptors (Lipinski definition) is 0. The van der Waals surface area contributed by atoms with Crippen molar-refractivity contribution in [2.75, 3.05) is 0 Å². The molecule has 0 heterocycles. The van der Waals surface area contributed by atoms with E-state index in [1.807, 2.05) is 0 Å². The average molecular weight is 99.2 g/mol. The molecule has 0 atom stereocenters. The molecule has 0 saturated carbocycles. The maximum absolute atomic E-state index is 2.31. The Hall–Kier alpha value is -0.130. The van der Waals surface area contributed by atoms with Crippen molar-refractivity contribution >= 4 is 0 Å². The first kappa shape index (κ1) is 6.87. The Balaban J connectivity index is 3.15. The summed E-state index contributed by atoms with van der Waals surface area (Å²) in [5.41, 5.74) is 0.425. The highest BCUT2D eigenvalue weighted by Gasteiger charge is 2.16. The van der Waals surface area contributed by atoms with Gasteiger partial charge in [-0.05, 0) is 27.7 Å². The largest absolute Gasteiger partial charge is 0.0994 e. The normalized spacial score (nSPS) is 11.4. The molecule has 0 aromatic carbocycles. The average Bonchev–Trinajstić information content (AvgIpc) is 1.30. The smallest absolute Gasteiger partial charge is 0.0243 e. The van der Waals surface area contributed by atoms with Gasteiger partial charge in [0.25, 0.3) is 0 Å². The number of hydrogen-bond donors (Lipinski definition) is 0. The molecule has 0 fully saturated rings. The quantitative estimate of drug-likeness (QED) is 0.443. The maximum Gasteiger partial charge on any atom is 0.0994 e. The van der Waals surface area contributed by atoms with Crippen LogP contribution in [0.25, 0.3) is 0 Å². The van der Waals surface area contributed by atoms with Crippen molar-refractivity contribution in [2.45, 2.75) is 34.1 Å². The van der Waals surface area contributed by atoms with Gasteiger partial charge in [-0.1, -0.05) is 0 Å². The fraction of sp³-hybridized carbons (Fsp3) is 0.857. The summed E-state index contributed by atoms with van der Waals surface area (Å²) in [5.74, 6) is 0. The van der Waals surface area contributed by atoms with Crippen molar-refractivity contribution in [1.29, 1.82) is 0 Å². The molecule has 0 aliphatic carbocycles. The Labute approximate surface area is 46.9 Å². The van der Waals surface area contributed by atoms with E-state index in [0.29, 0.717) is 5.41 Å². The molecule has 0 amide bonds. The van der Waals surface area contributed by atoms with Gasteiger partial charge in [-0.3, -0.25) is 0 Å². The molecule has 0 N–H and O–H groups in total. The minimum atomic E-state index is 0.425. The van der Waals surface area contributed by atoms with E-state index in [1.54, 1.807) is 0 Å². The Bertz CT molecular complexity index is 38.5. The summed E-state index contributed by atoms with van der Waals surface area (Å²) in [4.78, 5) is 0. The molecule has 0 aliphatic rings. The fourth-order valence-electron chi connectivity index (χ4n) is 0.612. The van der Waals surface area contributed by atoms with E-state index in [4.69, 9.17) is 0 Å². The Morgan fingerprint density at radius 1 is 1.29 bits per heavy atom. The van der Waals surface area contributed by atoms with E-state index in [0.717, 1.165) is 0 Å². The van der Waals surface area contributed by atoms with Gasteiger partial charge in [0.15, 0.2) is 0 Å². The third kappa shape index (κ3) is 5.87. The van der Waals surface area contributed by atoms with Gasteiger partial charge < -0.3 is 0 Å². The summed E-state index contributed by atoms with van der Waals surface area (Å²) in [7, 11) is 0. The molecular formula is C7H15+. The molecule has 0 saturated heterocycles. The molecule has 0 radical (unpaired) electrons. The Kier molecular flexibility index (Phi) is 2.21. The van der Waals surface area contributed by atoms with Gasteiger partial charge in [-0.25, -0.2) is 0 Å². The van der Waals surface area contributed by atoms with Gasteiger partial charge in [0.2, 0.25) is 0 Å². The molecule has 0 aromatic heterocycles. The summed E-state index contributed by atoms with van der Waals surface area (Å²) in [6, 6.07) is 0. The predicted octanol–water partition coefficient (Wildman–Crippen LogP) is 2.65. The lowest BCUT2D eigenvalue weighted by Crippen LogP contribution is -2.03. The maximum atomic E-state index is 2.31. The molecule has 0 nitrogen and oxygen atoms in total. The zero-order valence-corrected chi connectivity index (χ0v) is 5.78. The summed E-state index contributed by atoms with van der Waals surface area (Å²) in [6.07, 6.45) is 3.50. The zero-order valence-electron chi connectivity index (χ0n) is 5.78. The molecule has 0 spiro atoms. The summed E-state index contributed by atoms with van der Waals surface area (Å²) in [5, 5.41) is 0. The highest BCUT2D eigenvalue weighted by Crippen LogP contribution is 2.18. The second-order valence-electron chi connectivity index (χ2n) is 2.98. The highest BCUT2D eigenvalue weighted by atomic mass is 14.1. The standard InChI is InChI=1S/C7H15/c1-5-6-7(2,3)4/h6H,5H2,1-4H3/q+1. The molecular weight excluding hydrogens is 84.1 g/mol. The third-order valence-corrected chi connectivity index (χ3v) is 0.816. The van der Waals surface area contributed by atoms with Crippen molar-refractivity contribution in [3.8, 4) is 0 Å². The Morgan fingerprint density at radius 2 is 1.71 bits per heavy atom. The van der Waals surface area contributed by atoms with Crippen LogP contribution in [0.4, 0.5) is 0 Å². The molecule has 42 valence electrons. The van der Waals surface area contributed by atoms with Crippen LogP contribution >= 0.6 is 0 Å². The topological polar surface area (TPSA) is 0 Å². The van der Waals surface area contributed by atoms with Gasteiger partial charge in [-0.2, -0.15) is 0 Å². The molecule has 0 heteroatoms. The first-order valence-corrected chi connectivity index (χ1v) is 2.90. The summed E-state index contributed by atoms with van der Waals surface area (Å²) < 4.78 is 0. The summed E-state index contributed by atoms with van der Waals surface area (Å²) >= 11 is 0. The van der Waals surface area contributed by atoms with Crippen molar-refractivity contribution in [3.63, 3.8) is 0 Å². The minimum Gasteiger partial charge on any atom is -0.0243 e. The fourth-order valence-corrected chi connectivity index (χ4v) is 0.612. The second kappa shape index (κ2) is 2.25. The molecule has 7 heavy (non-hydrogen) atoms. The van der Waals surface area contributed by atoms with E-state index >= 15 is 0 Å². The lowest BCUT2D eigenvalue weighted by molar-refractivity contribution is 0.479. The Morgan fingerprint density at radius 3 is 1.71 bits per heavy atom. The lowest BCUT2D eigenvalue weighted by Gasteiger charge is -2.04. The highest BCUT2D eigenvalue weighted by molar-refractivity contribution is 4.78. The zero-order chi connectivity index (χ0) is 5.91. The van der Waals surface area contributed by atoms with Crippen LogP contribution in [0.2, 0.25) is 0 Å². The van der Waals surface area contributed by atoms with Gasteiger partial charge in [-0.15, -0.1) is 0 Å². The van der Waals surface area contributed by atoms with Crippen LogP contribution in [0.3, 0.4) is 0 Å². The van der Waals surface area contributed by atoms with Crippen molar-refractivity contribution in [3.05, 3.63) is 6.42 Å². The molecule has 0 rings (SSSR count). The van der Waals surface area contributed by atoms with Crippen LogP contribution in [0.15, 0.2) is 0 Å². The van der Waals surface area contributed by atoms with Crippen molar-refractivity contribution in [1.82, 2.24) is 0 Å². The predicted molar refractivity (Wildman–Crippen MR) is 34.0 cm³/mol. The van der Waals surface area contributed by atoms with Gasteiger partial charge in [0, 0.05) is 0 Å². The van der Waals surface area contributed by atoms with Crippen molar-refractivity contribution in [2.24, 2.45) is 5.41 Å². The number of rotatable bonds is 1. The van der Waals surface area contributed by atoms with Gasteiger partial charge in [0.1, 0.15) is 0 Å². The second-order valence-corrected chi connectivity index (χ2v) is 2.98. The van der Waals surface area contributed by atoms with E-state index in [1.165, 1.54) is 6.42 Å². The van der Waals surface area contributed by atoms with E-state index < -0.39 is 0 Å². The first-order chi connectivity index (χ1) is 3.06. The van der Waals surface area contributed by atoms with Gasteiger partial charge >= 0.3 is 0 Å². The van der Waals surface area contributed by atoms with Crippen molar-refractivity contribution < 1.29 is 0 Å². The van der Waals surface area contributed by atoms with E-state index in [2.05, 4.69) is 34.1 Å². The van der Waals surface area contributed by atoms with Crippen LogP contribution in [-0.2, 0) is 0 Å². The monoisotopic (exact) mass is 99.1 g/mol. The minimum absolute atomic E-state index is 0.425. The molecule has 0 unspecified atom stereocenters. The van der Waals surface area contributed by atoms with Crippen LogP contribution in [0.5, 0.6) is 0 Å². The summed E-state index contributed by atoms with van der Waals surface area (Å²) in [6.45, 7) is 8.83. The molecule has 0 aromatic rings. The third-order valence-electron chi connectivity index (χ3n) is 0.816. The molecule has 0 bridgehead atoms. The van der Waals surface area contributed by atoms with Crippen LogP contribution in [0, 0.1) is 11.8 Å². The van der Waals surface area contributed by atoms with E-state index in [-0.39, 0.29) is 0 Å². The lowest BCUT2D eigenvalue weighted by atomic mass is 9.91. The van der Waals surface area contributed by atoms with E-state index in [9.17, 15) is 0 Å². The molecule has 0 aliphatic heterocycles. The van der Waals surface area contributed by atoms with Gasteiger partial charge in [0.05, 0.1) is 18.3 Å².